The van der Waals surface area contributed by atoms with Gasteiger partial charge in [0.15, 0.2) is 5.82 Å². The molecule has 0 aliphatic carbocycles. The number of carbonyl (C=O) groups is 1. The molecule has 30 heavy (non-hydrogen) atoms. The summed E-state index contributed by atoms with van der Waals surface area (Å²) < 4.78 is 12.8. The van der Waals surface area contributed by atoms with E-state index in [1.807, 2.05) is 47.3 Å². The number of ether oxygens (including phenoxy) is 2. The van der Waals surface area contributed by atoms with E-state index in [9.17, 15) is 4.79 Å². The van der Waals surface area contributed by atoms with Gasteiger partial charge >= 0.3 is 6.03 Å². The molecule has 4 aromatic rings. The van der Waals surface area contributed by atoms with E-state index in [4.69, 9.17) is 9.47 Å². The molecule has 2 heterocycles. The van der Waals surface area contributed by atoms with E-state index in [0.717, 1.165) is 0 Å². The van der Waals surface area contributed by atoms with Crippen molar-refractivity contribution in [3.63, 3.8) is 0 Å². The standard InChI is InChI=1S/C22H19N5O3/c1-29-19-7-3-2-6-18(19)24-22(28)23-16-8-10-17(11-9-16)30-21-13-12-20(25-26-21)27-14-4-5-15-27/h2-15H,1H3,(H2,23,24,28). The Bertz CT molecular complexity index is 1110. The molecule has 0 fully saturated rings. The van der Waals surface area contributed by atoms with Crippen molar-refractivity contribution in [2.45, 2.75) is 0 Å². The summed E-state index contributed by atoms with van der Waals surface area (Å²) in [6.45, 7) is 0. The van der Waals surface area contributed by atoms with E-state index in [1.165, 1.54) is 0 Å². The lowest BCUT2D eigenvalue weighted by molar-refractivity contribution is 0.262. The fourth-order valence-electron chi connectivity index (χ4n) is 2.75. The molecule has 0 saturated carbocycles. The molecule has 0 radical (unpaired) electrons. The van der Waals surface area contributed by atoms with Crippen molar-refractivity contribution in [1.82, 2.24) is 14.8 Å². The van der Waals surface area contributed by atoms with E-state index in [1.54, 1.807) is 49.6 Å². The third kappa shape index (κ3) is 4.56. The maximum absolute atomic E-state index is 12.2. The lowest BCUT2D eigenvalue weighted by Gasteiger charge is -2.11. The number of benzene rings is 2. The van der Waals surface area contributed by atoms with Crippen molar-refractivity contribution in [1.29, 1.82) is 0 Å². The highest BCUT2D eigenvalue weighted by Crippen LogP contribution is 2.24. The van der Waals surface area contributed by atoms with Gasteiger partial charge in [-0.05, 0) is 54.6 Å². The molecule has 8 nitrogen and oxygen atoms in total. The number of hydrogen-bond donors (Lipinski definition) is 2. The molecule has 0 aliphatic rings. The summed E-state index contributed by atoms with van der Waals surface area (Å²) in [7, 11) is 1.55. The van der Waals surface area contributed by atoms with E-state index >= 15 is 0 Å². The van der Waals surface area contributed by atoms with E-state index in [2.05, 4.69) is 20.8 Å². The molecular weight excluding hydrogens is 382 g/mol. The molecular formula is C22H19N5O3. The summed E-state index contributed by atoms with van der Waals surface area (Å²) in [5.41, 5.74) is 1.20. The highest BCUT2D eigenvalue weighted by molar-refractivity contribution is 6.00. The molecule has 0 unspecified atom stereocenters. The van der Waals surface area contributed by atoms with Crippen LogP contribution < -0.4 is 20.1 Å². The second-order valence-electron chi connectivity index (χ2n) is 6.23. The Labute approximate surface area is 173 Å². The number of urea groups is 1. The highest BCUT2D eigenvalue weighted by atomic mass is 16.5. The van der Waals surface area contributed by atoms with Gasteiger partial charge in [0.25, 0.3) is 0 Å². The molecule has 150 valence electrons. The first-order valence-corrected chi connectivity index (χ1v) is 9.17. The van der Waals surface area contributed by atoms with Crippen molar-refractivity contribution in [2.75, 3.05) is 17.7 Å². The first-order valence-electron chi connectivity index (χ1n) is 9.17. The molecule has 8 heteroatoms. The number of nitrogens with one attached hydrogen (secondary N) is 2. The van der Waals surface area contributed by atoms with Crippen molar-refractivity contribution >= 4 is 17.4 Å². The number of nitrogens with zero attached hydrogens (tertiary/aromatic N) is 3. The van der Waals surface area contributed by atoms with Crippen LogP contribution in [0.3, 0.4) is 0 Å². The number of aromatic nitrogens is 3. The number of methoxy groups -OCH3 is 1. The molecule has 2 aromatic heterocycles. The van der Waals surface area contributed by atoms with Crippen molar-refractivity contribution in [3.05, 3.63) is 85.2 Å². The van der Waals surface area contributed by atoms with Crippen LogP contribution in [0, 0.1) is 0 Å². The number of hydrogen-bond acceptors (Lipinski definition) is 5. The van der Waals surface area contributed by atoms with Crippen LogP contribution in [0.4, 0.5) is 16.2 Å². The van der Waals surface area contributed by atoms with Crippen LogP contribution in [0.15, 0.2) is 85.2 Å². The summed E-state index contributed by atoms with van der Waals surface area (Å²) in [6.07, 6.45) is 3.78. The second-order valence-corrected chi connectivity index (χ2v) is 6.23. The van der Waals surface area contributed by atoms with Gasteiger partial charge in [0.05, 0.1) is 12.8 Å². The van der Waals surface area contributed by atoms with Crippen LogP contribution in [-0.2, 0) is 0 Å². The van der Waals surface area contributed by atoms with Crippen LogP contribution in [0.1, 0.15) is 0 Å². The molecule has 0 bridgehead atoms. The van der Waals surface area contributed by atoms with Crippen LogP contribution in [0.25, 0.3) is 5.82 Å². The molecule has 2 amide bonds. The number of para-hydroxylation sites is 2. The normalized spacial score (nSPS) is 10.3. The van der Waals surface area contributed by atoms with E-state index in [0.29, 0.717) is 34.6 Å². The Hall–Kier alpha value is -4.33. The number of anilines is 2. The lowest BCUT2D eigenvalue weighted by atomic mass is 10.3. The maximum atomic E-state index is 12.2. The van der Waals surface area contributed by atoms with Gasteiger partial charge in [0.2, 0.25) is 5.88 Å². The van der Waals surface area contributed by atoms with E-state index in [-0.39, 0.29) is 6.03 Å². The predicted octanol–water partition coefficient (Wildman–Crippen LogP) is 4.71. The van der Waals surface area contributed by atoms with Crippen molar-refractivity contribution < 1.29 is 14.3 Å². The molecule has 0 saturated heterocycles. The zero-order chi connectivity index (χ0) is 20.8. The maximum Gasteiger partial charge on any atom is 0.323 e. The van der Waals surface area contributed by atoms with Gasteiger partial charge in [-0.15, -0.1) is 10.2 Å². The molecule has 4 rings (SSSR count). The third-order valence-corrected chi connectivity index (χ3v) is 4.18. The minimum Gasteiger partial charge on any atom is -0.495 e. The summed E-state index contributed by atoms with van der Waals surface area (Å²) in [5.74, 6) is 2.24. The van der Waals surface area contributed by atoms with Gasteiger partial charge in [-0.1, -0.05) is 12.1 Å². The SMILES string of the molecule is COc1ccccc1NC(=O)Nc1ccc(Oc2ccc(-n3cccc3)nn2)cc1. The lowest BCUT2D eigenvalue weighted by Crippen LogP contribution is -2.19. The van der Waals surface area contributed by atoms with Crippen LogP contribution in [-0.4, -0.2) is 27.9 Å². The van der Waals surface area contributed by atoms with Gasteiger partial charge in [-0.3, -0.25) is 0 Å². The number of carbonyl (C=O) groups excluding carboxylic acids is 1. The second kappa shape index (κ2) is 8.78. The topological polar surface area (TPSA) is 90.3 Å². The first-order chi connectivity index (χ1) is 14.7. The van der Waals surface area contributed by atoms with Crippen molar-refractivity contribution in [2.24, 2.45) is 0 Å². The Morgan fingerprint density at radius 1 is 0.867 bits per heavy atom. The monoisotopic (exact) mass is 401 g/mol. The van der Waals surface area contributed by atoms with Crippen LogP contribution in [0.5, 0.6) is 17.4 Å². The van der Waals surface area contributed by atoms with Gasteiger partial charge < -0.3 is 24.7 Å². The van der Waals surface area contributed by atoms with Gasteiger partial charge in [0.1, 0.15) is 11.5 Å². The van der Waals surface area contributed by atoms with Gasteiger partial charge in [-0.25, -0.2) is 4.79 Å². The zero-order valence-corrected chi connectivity index (χ0v) is 16.1. The largest absolute Gasteiger partial charge is 0.495 e. The zero-order valence-electron chi connectivity index (χ0n) is 16.1. The van der Waals surface area contributed by atoms with Gasteiger partial charge in [0, 0.05) is 24.1 Å². The highest BCUT2D eigenvalue weighted by Gasteiger charge is 2.07. The first kappa shape index (κ1) is 19.0. The predicted molar refractivity (Wildman–Crippen MR) is 114 cm³/mol. The van der Waals surface area contributed by atoms with Gasteiger partial charge in [-0.2, -0.15) is 0 Å². The summed E-state index contributed by atoms with van der Waals surface area (Å²) in [6, 6.07) is 21.1. The quantitative estimate of drug-likeness (QED) is 0.488. The molecule has 2 aromatic carbocycles. The van der Waals surface area contributed by atoms with Crippen LogP contribution in [0.2, 0.25) is 0 Å². The summed E-state index contributed by atoms with van der Waals surface area (Å²) in [4.78, 5) is 12.2. The average molecular weight is 401 g/mol. The van der Waals surface area contributed by atoms with Crippen molar-refractivity contribution in [3.8, 4) is 23.2 Å². The minimum absolute atomic E-state index is 0.375. The fourth-order valence-corrected chi connectivity index (χ4v) is 2.75. The summed E-state index contributed by atoms with van der Waals surface area (Å²) in [5, 5.41) is 13.7. The van der Waals surface area contributed by atoms with Crippen LogP contribution >= 0.6 is 0 Å². The molecule has 2 N–H and O–H groups in total. The molecule has 0 aliphatic heterocycles. The molecule has 0 spiro atoms. The number of rotatable bonds is 6. The molecule has 0 atom stereocenters. The summed E-state index contributed by atoms with van der Waals surface area (Å²) >= 11 is 0. The average Bonchev–Trinajstić information content (AvgIpc) is 3.31. The van der Waals surface area contributed by atoms with E-state index < -0.39 is 0 Å². The Morgan fingerprint density at radius 2 is 1.63 bits per heavy atom. The smallest absolute Gasteiger partial charge is 0.323 e. The minimum atomic E-state index is -0.375. The number of amides is 2. The Kier molecular flexibility index (Phi) is 5.56. The third-order valence-electron chi connectivity index (χ3n) is 4.18. The fraction of sp³-hybridized carbons (Fsp3) is 0.0455. The Morgan fingerprint density at radius 3 is 2.33 bits per heavy atom. The Balaban J connectivity index is 1.35.